The molecule has 1 aromatic carbocycles. The highest BCUT2D eigenvalue weighted by Gasteiger charge is 2.15. The van der Waals surface area contributed by atoms with E-state index in [-0.39, 0.29) is 11.9 Å². The first-order valence-electron chi connectivity index (χ1n) is 5.64. The number of carbonyl (C=O) groups excluding carboxylic acids is 1. The molecule has 0 aliphatic heterocycles. The molecular formula is C13H18ClNO2. The van der Waals surface area contributed by atoms with Gasteiger partial charge >= 0.3 is 0 Å². The standard InChI is InChI=1S/C13H18ClNO2/c1-5-9(3)15-13(16)10-7-11(14)8(2)6-12(10)17-4/h6-7,9H,5H2,1-4H3,(H,15,16). The molecule has 1 unspecified atom stereocenters. The van der Waals surface area contributed by atoms with Gasteiger partial charge in [-0.15, -0.1) is 0 Å². The Morgan fingerprint density at radius 1 is 1.53 bits per heavy atom. The molecule has 0 saturated heterocycles. The molecular weight excluding hydrogens is 238 g/mol. The van der Waals surface area contributed by atoms with Gasteiger partial charge in [-0.1, -0.05) is 18.5 Å². The summed E-state index contributed by atoms with van der Waals surface area (Å²) in [6.45, 7) is 5.85. The smallest absolute Gasteiger partial charge is 0.255 e. The van der Waals surface area contributed by atoms with Crippen molar-refractivity contribution in [3.63, 3.8) is 0 Å². The highest BCUT2D eigenvalue weighted by atomic mass is 35.5. The van der Waals surface area contributed by atoms with Crippen LogP contribution in [0.25, 0.3) is 0 Å². The maximum absolute atomic E-state index is 12.0. The van der Waals surface area contributed by atoms with Crippen molar-refractivity contribution in [3.05, 3.63) is 28.3 Å². The van der Waals surface area contributed by atoms with E-state index in [1.165, 1.54) is 0 Å². The number of hydrogen-bond donors (Lipinski definition) is 1. The van der Waals surface area contributed by atoms with Crippen LogP contribution in [0.3, 0.4) is 0 Å². The van der Waals surface area contributed by atoms with Gasteiger partial charge in [-0.25, -0.2) is 0 Å². The fourth-order valence-corrected chi connectivity index (χ4v) is 1.57. The minimum Gasteiger partial charge on any atom is -0.496 e. The third kappa shape index (κ3) is 3.37. The van der Waals surface area contributed by atoms with E-state index in [1.54, 1.807) is 19.2 Å². The lowest BCUT2D eigenvalue weighted by Gasteiger charge is -2.14. The minimum absolute atomic E-state index is 0.132. The van der Waals surface area contributed by atoms with Crippen LogP contribution in [-0.4, -0.2) is 19.1 Å². The van der Waals surface area contributed by atoms with Gasteiger partial charge in [0, 0.05) is 11.1 Å². The number of aryl methyl sites for hydroxylation is 1. The number of amides is 1. The second-order valence-corrected chi connectivity index (χ2v) is 4.49. The summed E-state index contributed by atoms with van der Waals surface area (Å²) in [5.41, 5.74) is 1.37. The predicted molar refractivity (Wildman–Crippen MR) is 70.0 cm³/mol. The molecule has 0 radical (unpaired) electrons. The highest BCUT2D eigenvalue weighted by Crippen LogP contribution is 2.26. The van der Waals surface area contributed by atoms with Crippen molar-refractivity contribution in [2.75, 3.05) is 7.11 Å². The zero-order valence-electron chi connectivity index (χ0n) is 10.6. The highest BCUT2D eigenvalue weighted by molar-refractivity contribution is 6.31. The Balaban J connectivity index is 3.03. The number of nitrogens with one attached hydrogen (secondary N) is 1. The molecule has 0 aliphatic rings. The molecule has 0 aromatic heterocycles. The second kappa shape index (κ2) is 5.92. The van der Waals surface area contributed by atoms with Crippen molar-refractivity contribution in [1.82, 2.24) is 5.32 Å². The molecule has 1 amide bonds. The summed E-state index contributed by atoms with van der Waals surface area (Å²) in [4.78, 5) is 12.0. The van der Waals surface area contributed by atoms with Crippen LogP contribution < -0.4 is 10.1 Å². The zero-order chi connectivity index (χ0) is 13.0. The molecule has 0 bridgehead atoms. The number of halogens is 1. The van der Waals surface area contributed by atoms with Gasteiger partial charge in [-0.3, -0.25) is 4.79 Å². The van der Waals surface area contributed by atoms with Crippen molar-refractivity contribution in [1.29, 1.82) is 0 Å². The SMILES string of the molecule is CCC(C)NC(=O)c1cc(Cl)c(C)cc1OC. The average Bonchev–Trinajstić information content (AvgIpc) is 2.31. The van der Waals surface area contributed by atoms with E-state index >= 15 is 0 Å². The normalized spacial score (nSPS) is 12.1. The topological polar surface area (TPSA) is 38.3 Å². The van der Waals surface area contributed by atoms with Gasteiger partial charge < -0.3 is 10.1 Å². The summed E-state index contributed by atoms with van der Waals surface area (Å²) in [5.74, 6) is 0.394. The maximum atomic E-state index is 12.0. The Morgan fingerprint density at radius 3 is 2.71 bits per heavy atom. The summed E-state index contributed by atoms with van der Waals surface area (Å²) < 4.78 is 5.20. The maximum Gasteiger partial charge on any atom is 0.255 e. The number of benzene rings is 1. The number of methoxy groups -OCH3 is 1. The molecule has 17 heavy (non-hydrogen) atoms. The van der Waals surface area contributed by atoms with Crippen molar-refractivity contribution in [2.24, 2.45) is 0 Å². The van der Waals surface area contributed by atoms with E-state index in [1.807, 2.05) is 20.8 Å². The zero-order valence-corrected chi connectivity index (χ0v) is 11.4. The van der Waals surface area contributed by atoms with Crippen LogP contribution >= 0.6 is 11.6 Å². The quantitative estimate of drug-likeness (QED) is 0.897. The van der Waals surface area contributed by atoms with Crippen LogP contribution in [-0.2, 0) is 0 Å². The molecule has 1 N–H and O–H groups in total. The molecule has 1 rings (SSSR count). The van der Waals surface area contributed by atoms with Gasteiger partial charge in [0.25, 0.3) is 5.91 Å². The van der Waals surface area contributed by atoms with Crippen molar-refractivity contribution in [2.45, 2.75) is 33.2 Å². The van der Waals surface area contributed by atoms with Crippen molar-refractivity contribution < 1.29 is 9.53 Å². The lowest BCUT2D eigenvalue weighted by Crippen LogP contribution is -2.32. The number of hydrogen-bond acceptors (Lipinski definition) is 2. The van der Waals surface area contributed by atoms with Crippen molar-refractivity contribution in [3.8, 4) is 5.75 Å². The van der Waals surface area contributed by atoms with Crippen LogP contribution in [0.15, 0.2) is 12.1 Å². The molecule has 0 heterocycles. The molecule has 0 spiro atoms. The van der Waals surface area contributed by atoms with Crippen LogP contribution in [0.5, 0.6) is 5.75 Å². The summed E-state index contributed by atoms with van der Waals surface area (Å²) >= 11 is 6.02. The van der Waals surface area contributed by atoms with E-state index in [2.05, 4.69) is 5.32 Å². The third-order valence-electron chi connectivity index (χ3n) is 2.72. The first-order chi connectivity index (χ1) is 7.99. The number of ether oxygens (including phenoxy) is 1. The summed E-state index contributed by atoms with van der Waals surface area (Å²) in [7, 11) is 1.54. The lowest BCUT2D eigenvalue weighted by molar-refractivity contribution is 0.0936. The summed E-state index contributed by atoms with van der Waals surface area (Å²) in [6.07, 6.45) is 0.883. The van der Waals surface area contributed by atoms with Crippen LogP contribution in [0.1, 0.15) is 36.2 Å². The predicted octanol–water partition coefficient (Wildman–Crippen LogP) is 3.19. The van der Waals surface area contributed by atoms with Gasteiger partial charge in [0.05, 0.1) is 12.7 Å². The Morgan fingerprint density at radius 2 is 2.18 bits per heavy atom. The largest absolute Gasteiger partial charge is 0.496 e. The van der Waals surface area contributed by atoms with Gasteiger partial charge in [0.2, 0.25) is 0 Å². The lowest BCUT2D eigenvalue weighted by atomic mass is 10.1. The van der Waals surface area contributed by atoms with Crippen molar-refractivity contribution >= 4 is 17.5 Å². The second-order valence-electron chi connectivity index (χ2n) is 4.08. The Bertz CT molecular complexity index is 418. The molecule has 0 fully saturated rings. The number of rotatable bonds is 4. The molecule has 1 atom stereocenters. The summed E-state index contributed by atoms with van der Waals surface area (Å²) in [5, 5.41) is 3.46. The van der Waals surface area contributed by atoms with E-state index in [0.717, 1.165) is 12.0 Å². The summed E-state index contributed by atoms with van der Waals surface area (Å²) in [6, 6.07) is 3.55. The molecule has 3 nitrogen and oxygen atoms in total. The minimum atomic E-state index is -0.155. The Labute approximate surface area is 107 Å². The third-order valence-corrected chi connectivity index (χ3v) is 3.12. The number of carbonyl (C=O) groups is 1. The molecule has 1 aromatic rings. The van der Waals surface area contributed by atoms with E-state index in [9.17, 15) is 4.79 Å². The van der Waals surface area contributed by atoms with Gasteiger partial charge in [-0.2, -0.15) is 0 Å². The molecule has 4 heteroatoms. The van der Waals surface area contributed by atoms with E-state index in [0.29, 0.717) is 16.3 Å². The first kappa shape index (κ1) is 13.8. The fraction of sp³-hybridized carbons (Fsp3) is 0.462. The monoisotopic (exact) mass is 255 g/mol. The molecule has 0 aliphatic carbocycles. The first-order valence-corrected chi connectivity index (χ1v) is 6.02. The Kier molecular flexibility index (Phi) is 4.82. The molecule has 94 valence electrons. The van der Waals surface area contributed by atoms with Gasteiger partial charge in [-0.05, 0) is 38.0 Å². The Hall–Kier alpha value is -1.22. The van der Waals surface area contributed by atoms with E-state index < -0.39 is 0 Å². The molecule has 0 saturated carbocycles. The van der Waals surface area contributed by atoms with Gasteiger partial charge in [0.15, 0.2) is 0 Å². The van der Waals surface area contributed by atoms with E-state index in [4.69, 9.17) is 16.3 Å². The van der Waals surface area contributed by atoms with Gasteiger partial charge in [0.1, 0.15) is 5.75 Å². The van der Waals surface area contributed by atoms with Crippen LogP contribution in [0.4, 0.5) is 0 Å². The average molecular weight is 256 g/mol. The van der Waals surface area contributed by atoms with Crippen LogP contribution in [0, 0.1) is 6.92 Å². The fourth-order valence-electron chi connectivity index (χ4n) is 1.40. The van der Waals surface area contributed by atoms with Crippen LogP contribution in [0.2, 0.25) is 5.02 Å².